The van der Waals surface area contributed by atoms with Crippen molar-refractivity contribution < 1.29 is 4.39 Å². The van der Waals surface area contributed by atoms with Crippen LogP contribution < -0.4 is 5.73 Å². The Morgan fingerprint density at radius 2 is 2.11 bits per heavy atom. The average Bonchev–Trinajstić information content (AvgIpc) is 2.84. The molecule has 1 aromatic carbocycles. The molecule has 0 aliphatic heterocycles. The maximum absolute atomic E-state index is 13.6. The normalized spacial score (nSPS) is 18.2. The van der Waals surface area contributed by atoms with E-state index in [-0.39, 0.29) is 11.9 Å². The van der Waals surface area contributed by atoms with E-state index >= 15 is 0 Å². The number of rotatable bonds is 5. The van der Waals surface area contributed by atoms with Gasteiger partial charge in [-0.2, -0.15) is 11.8 Å². The number of nitrogens with two attached hydrogens (primary N) is 1. The Morgan fingerprint density at radius 3 is 2.83 bits per heavy atom. The Bertz CT molecular complexity index is 393. The zero-order valence-corrected chi connectivity index (χ0v) is 12.8. The van der Waals surface area contributed by atoms with E-state index in [0.29, 0.717) is 12.0 Å². The van der Waals surface area contributed by atoms with E-state index in [9.17, 15) is 4.39 Å². The van der Waals surface area contributed by atoms with Crippen LogP contribution in [-0.2, 0) is 6.42 Å². The summed E-state index contributed by atoms with van der Waals surface area (Å²) in [5.74, 6) is 0.774. The summed E-state index contributed by atoms with van der Waals surface area (Å²) in [6.45, 7) is 0. The van der Waals surface area contributed by atoms with Crippen molar-refractivity contribution in [1.82, 2.24) is 0 Å². The largest absolute Gasteiger partial charge is 0.327 e. The summed E-state index contributed by atoms with van der Waals surface area (Å²) in [6.07, 6.45) is 5.97. The highest BCUT2D eigenvalue weighted by atomic mass is 79.9. The van der Waals surface area contributed by atoms with E-state index < -0.39 is 0 Å². The lowest BCUT2D eigenvalue weighted by Gasteiger charge is -2.15. The SMILES string of the molecule is NC(CSC1CCCC1)Cc1cc(Br)ccc1F. The van der Waals surface area contributed by atoms with Crippen LogP contribution in [0, 0.1) is 5.82 Å². The fraction of sp³-hybridized carbons (Fsp3) is 0.571. The standard InChI is InChI=1S/C14H19BrFNS/c15-11-5-6-14(16)10(7-11)8-12(17)9-18-13-3-1-2-4-13/h5-7,12-13H,1-4,8-9,17H2. The Labute approximate surface area is 121 Å². The summed E-state index contributed by atoms with van der Waals surface area (Å²) in [5, 5.41) is 0.781. The maximum atomic E-state index is 13.6. The second kappa shape index (κ2) is 6.92. The molecule has 0 saturated heterocycles. The zero-order chi connectivity index (χ0) is 13.0. The number of benzene rings is 1. The van der Waals surface area contributed by atoms with Gasteiger partial charge in [0.2, 0.25) is 0 Å². The molecule has 1 aliphatic rings. The zero-order valence-electron chi connectivity index (χ0n) is 10.4. The molecule has 1 nitrogen and oxygen atoms in total. The van der Waals surface area contributed by atoms with Gasteiger partial charge in [0.25, 0.3) is 0 Å². The lowest BCUT2D eigenvalue weighted by molar-refractivity contribution is 0.597. The van der Waals surface area contributed by atoms with Crippen LogP contribution in [0.5, 0.6) is 0 Å². The molecule has 1 aliphatic carbocycles. The molecule has 0 heterocycles. The van der Waals surface area contributed by atoms with Crippen LogP contribution in [0.2, 0.25) is 0 Å². The van der Waals surface area contributed by atoms with Crippen molar-refractivity contribution in [3.05, 3.63) is 34.1 Å². The molecular weight excluding hydrogens is 313 g/mol. The molecule has 2 N–H and O–H groups in total. The molecule has 0 spiro atoms. The monoisotopic (exact) mass is 331 g/mol. The van der Waals surface area contributed by atoms with Crippen molar-refractivity contribution in [1.29, 1.82) is 0 Å². The molecule has 1 aromatic rings. The third-order valence-electron chi connectivity index (χ3n) is 3.34. The van der Waals surface area contributed by atoms with Crippen LogP contribution >= 0.6 is 27.7 Å². The van der Waals surface area contributed by atoms with Crippen molar-refractivity contribution in [2.24, 2.45) is 5.73 Å². The van der Waals surface area contributed by atoms with Gasteiger partial charge in [-0.25, -0.2) is 4.39 Å². The van der Waals surface area contributed by atoms with Crippen LogP contribution in [0.4, 0.5) is 4.39 Å². The first-order chi connectivity index (χ1) is 8.65. The van der Waals surface area contributed by atoms with Gasteiger partial charge in [-0.15, -0.1) is 0 Å². The van der Waals surface area contributed by atoms with Crippen LogP contribution in [0.15, 0.2) is 22.7 Å². The maximum Gasteiger partial charge on any atom is 0.126 e. The molecule has 100 valence electrons. The van der Waals surface area contributed by atoms with Crippen molar-refractivity contribution >= 4 is 27.7 Å². The second-order valence-electron chi connectivity index (χ2n) is 4.94. The first-order valence-corrected chi connectivity index (χ1v) is 8.30. The van der Waals surface area contributed by atoms with Gasteiger partial charge in [0.05, 0.1) is 0 Å². The molecule has 1 atom stereocenters. The van der Waals surface area contributed by atoms with Crippen molar-refractivity contribution in [2.75, 3.05) is 5.75 Å². The number of hydrogen-bond donors (Lipinski definition) is 1. The van der Waals surface area contributed by atoms with Crippen molar-refractivity contribution in [2.45, 2.75) is 43.4 Å². The van der Waals surface area contributed by atoms with Gasteiger partial charge in [-0.3, -0.25) is 0 Å². The number of halogens is 2. The fourth-order valence-corrected chi connectivity index (χ4v) is 4.07. The van der Waals surface area contributed by atoms with Crippen molar-refractivity contribution in [3.63, 3.8) is 0 Å². The summed E-state index contributed by atoms with van der Waals surface area (Å²) in [4.78, 5) is 0. The fourth-order valence-electron chi connectivity index (χ4n) is 2.36. The molecular formula is C14H19BrFNS. The molecule has 1 unspecified atom stereocenters. The minimum Gasteiger partial charge on any atom is -0.327 e. The Balaban J connectivity index is 1.82. The molecule has 1 saturated carbocycles. The highest BCUT2D eigenvalue weighted by Crippen LogP contribution is 2.30. The topological polar surface area (TPSA) is 26.0 Å². The highest BCUT2D eigenvalue weighted by molar-refractivity contribution is 9.10. The molecule has 2 rings (SSSR count). The first-order valence-electron chi connectivity index (χ1n) is 6.46. The summed E-state index contributed by atoms with van der Waals surface area (Å²) >= 11 is 5.33. The van der Waals surface area contributed by atoms with Gasteiger partial charge in [0.1, 0.15) is 5.82 Å². The van der Waals surface area contributed by atoms with Crippen molar-refractivity contribution in [3.8, 4) is 0 Å². The van der Waals surface area contributed by atoms with Crippen LogP contribution in [0.3, 0.4) is 0 Å². The average molecular weight is 332 g/mol. The highest BCUT2D eigenvalue weighted by Gasteiger charge is 2.17. The summed E-state index contributed by atoms with van der Waals surface area (Å²) in [6, 6.07) is 5.09. The minimum absolute atomic E-state index is 0.0411. The van der Waals surface area contributed by atoms with E-state index in [1.807, 2.05) is 17.8 Å². The molecule has 0 bridgehead atoms. The quantitative estimate of drug-likeness (QED) is 0.877. The van der Waals surface area contributed by atoms with Crippen LogP contribution in [0.1, 0.15) is 31.2 Å². The molecule has 0 amide bonds. The summed E-state index contributed by atoms with van der Waals surface area (Å²) < 4.78 is 14.5. The third-order valence-corrected chi connectivity index (χ3v) is 5.39. The Kier molecular flexibility index (Phi) is 5.52. The van der Waals surface area contributed by atoms with E-state index in [2.05, 4.69) is 15.9 Å². The predicted octanol–water partition coefficient (Wildman–Crippen LogP) is 4.13. The first kappa shape index (κ1) is 14.4. The molecule has 0 radical (unpaired) electrons. The van der Waals surface area contributed by atoms with Crippen LogP contribution in [0.25, 0.3) is 0 Å². The van der Waals surface area contributed by atoms with Crippen LogP contribution in [-0.4, -0.2) is 17.0 Å². The molecule has 18 heavy (non-hydrogen) atoms. The smallest absolute Gasteiger partial charge is 0.126 e. The third kappa shape index (κ3) is 4.25. The minimum atomic E-state index is -0.153. The Morgan fingerprint density at radius 1 is 1.39 bits per heavy atom. The van der Waals surface area contributed by atoms with E-state index in [4.69, 9.17) is 5.73 Å². The van der Waals surface area contributed by atoms with Gasteiger partial charge in [-0.05, 0) is 43.0 Å². The van der Waals surface area contributed by atoms with E-state index in [0.717, 1.165) is 15.5 Å². The lowest BCUT2D eigenvalue weighted by Crippen LogP contribution is -2.27. The number of hydrogen-bond acceptors (Lipinski definition) is 2. The molecule has 1 fully saturated rings. The predicted molar refractivity (Wildman–Crippen MR) is 80.5 cm³/mol. The van der Waals surface area contributed by atoms with Gasteiger partial charge in [0.15, 0.2) is 0 Å². The lowest BCUT2D eigenvalue weighted by atomic mass is 10.1. The van der Waals surface area contributed by atoms with E-state index in [1.165, 1.54) is 31.7 Å². The summed E-state index contributed by atoms with van der Waals surface area (Å²) in [7, 11) is 0. The molecule has 4 heteroatoms. The second-order valence-corrected chi connectivity index (χ2v) is 7.19. The van der Waals surface area contributed by atoms with Gasteiger partial charge in [0, 0.05) is 21.5 Å². The summed E-state index contributed by atoms with van der Waals surface area (Å²) in [5.41, 5.74) is 6.81. The Hall–Kier alpha value is -0.0600. The van der Waals surface area contributed by atoms with Gasteiger partial charge in [-0.1, -0.05) is 28.8 Å². The van der Waals surface area contributed by atoms with Gasteiger partial charge < -0.3 is 5.73 Å². The van der Waals surface area contributed by atoms with E-state index in [1.54, 1.807) is 6.07 Å². The number of thioether (sulfide) groups is 1. The van der Waals surface area contributed by atoms with Gasteiger partial charge >= 0.3 is 0 Å². The molecule has 0 aromatic heterocycles.